The highest BCUT2D eigenvalue weighted by Crippen LogP contribution is 2.39. The summed E-state index contributed by atoms with van der Waals surface area (Å²) in [5.74, 6) is 5.19. The maximum atomic E-state index is 5.79. The first-order chi connectivity index (χ1) is 71.9. The predicted molar refractivity (Wildman–Crippen MR) is 593 cm³/mol. The Morgan fingerprint density at radius 3 is 0.655 bits per heavy atom. The van der Waals surface area contributed by atoms with Crippen LogP contribution in [0.25, 0.3) is 169 Å². The van der Waals surface area contributed by atoms with E-state index in [9.17, 15) is 0 Å². The van der Waals surface area contributed by atoms with Crippen molar-refractivity contribution in [3.05, 3.63) is 497 Å². The van der Waals surface area contributed by atoms with Gasteiger partial charge >= 0.3 is 0 Å². The van der Waals surface area contributed by atoms with Gasteiger partial charge in [-0.2, -0.15) is 29.9 Å². The van der Waals surface area contributed by atoms with Gasteiger partial charge < -0.3 is 0 Å². The van der Waals surface area contributed by atoms with Crippen LogP contribution in [0, 0.1) is 0 Å². The Labute approximate surface area is 832 Å². The maximum Gasteiger partial charge on any atom is 0.242 e. The Bertz CT molecular complexity index is 9910. The molecule has 680 valence electrons. The van der Waals surface area contributed by atoms with Crippen molar-refractivity contribution >= 4 is 198 Å². The van der Waals surface area contributed by atoms with Crippen molar-refractivity contribution in [3.8, 4) is 57.7 Å². The molecule has 21 heteroatoms. The number of hydrogen-bond donors (Lipinski definition) is 0. The molecule has 18 nitrogen and oxygen atoms in total. The van der Waals surface area contributed by atoms with Crippen LogP contribution in [0.2, 0.25) is 0 Å². The molecule has 10 heterocycles. The van der Waals surface area contributed by atoms with Crippen molar-refractivity contribution in [2.24, 2.45) is 0 Å². The van der Waals surface area contributed by atoms with E-state index in [1.54, 1.807) is 0 Å². The first-order valence-electron chi connectivity index (χ1n) is 48.8. The molecule has 0 N–H and O–H groups in total. The Kier molecular flexibility index (Phi) is 18.9. The summed E-state index contributed by atoms with van der Waals surface area (Å²) >= 11 is 0. The summed E-state index contributed by atoms with van der Waals surface area (Å²) in [6, 6.07) is 180. The average Bonchev–Trinajstić information content (AvgIpc) is 1.59. The Morgan fingerprint density at radius 1 is 0.131 bits per heavy atom. The predicted octanol–water partition coefficient (Wildman–Crippen LogP) is 18.2. The Hall–Kier alpha value is -19.1. The number of aromatic nitrogens is 18. The topological polar surface area (TPSA) is 166 Å². The fraction of sp³-hybridized carbons (Fsp3) is 0. The lowest BCUT2D eigenvalue weighted by molar-refractivity contribution is 0.877. The molecule has 29 aromatic rings. The lowest BCUT2D eigenvalue weighted by Crippen LogP contribution is -2.74. The largest absolute Gasteiger partial charge is 0.276 e. The molecule has 0 radical (unpaired) electrons. The fourth-order valence-electron chi connectivity index (χ4n) is 23.2. The molecular formula is C124H82N18Si3. The zero-order chi connectivity index (χ0) is 95.4. The smallest absolute Gasteiger partial charge is 0.242 e. The van der Waals surface area contributed by atoms with Crippen LogP contribution >= 0.6 is 0 Å². The Balaban J connectivity index is 0.622. The van der Waals surface area contributed by atoms with Crippen LogP contribution in [-0.2, 0) is 0 Å². The SMILES string of the molecule is c1ccc(-c2nc(-n3c4ccccc4n4c5ccccc5nc34)nc(-n3c4ccc([Si](c5ccccc5)(c5ccccc5)c5ccccc5)cc4n4c5cc(-c6ccc([Si](c7ccccc7)(c7ccccc7)c7ccc8c(c7)n7c9ccccc9nc7n8-c7nc(-c8ccccc8)nc(-n8c9ccc([Si](c%10ccccc%10)(c%10ccccc%10)c%10ccccc%10)cc9n9c%10ccccc%10nc89)n7)cc6)ccc5nc34)n2)cc1. The Morgan fingerprint density at radius 2 is 0.352 bits per heavy atom. The van der Waals surface area contributed by atoms with E-state index < -0.39 is 24.2 Å². The molecule has 0 unspecified atom stereocenters. The highest BCUT2D eigenvalue weighted by atomic mass is 28.3. The van der Waals surface area contributed by atoms with Gasteiger partial charge in [-0.25, -0.2) is 38.2 Å². The highest BCUT2D eigenvalue weighted by Gasteiger charge is 2.46. The van der Waals surface area contributed by atoms with Crippen LogP contribution in [0.15, 0.2) is 497 Å². The molecule has 10 aromatic heterocycles. The third-order valence-electron chi connectivity index (χ3n) is 29.5. The second kappa shape index (κ2) is 33.1. The fourth-order valence-corrected chi connectivity index (χ4v) is 37.5. The van der Waals surface area contributed by atoms with E-state index in [-0.39, 0.29) is 0 Å². The number of para-hydroxylation sites is 8. The molecule has 0 saturated carbocycles. The first kappa shape index (κ1) is 83.0. The lowest BCUT2D eigenvalue weighted by Gasteiger charge is -2.34. The van der Waals surface area contributed by atoms with Gasteiger partial charge in [-0.3, -0.25) is 17.6 Å². The van der Waals surface area contributed by atoms with Crippen LogP contribution in [-0.4, -0.2) is 110 Å². The minimum Gasteiger partial charge on any atom is -0.276 e. The summed E-state index contributed by atoms with van der Waals surface area (Å²) in [4.78, 5) is 55.9. The number of nitrogens with zero attached hydrogens (tertiary/aromatic N) is 18. The quantitative estimate of drug-likeness (QED) is 0.0562. The van der Waals surface area contributed by atoms with Crippen molar-refractivity contribution in [3.63, 3.8) is 0 Å². The molecular weight excluding hydrogens is 1830 g/mol. The summed E-state index contributed by atoms with van der Waals surface area (Å²) in [7, 11) is -9.65. The number of imidazole rings is 8. The summed E-state index contributed by atoms with van der Waals surface area (Å²) in [6.45, 7) is 0. The average molecular weight is 1910 g/mol. The van der Waals surface area contributed by atoms with E-state index in [4.69, 9.17) is 49.8 Å². The van der Waals surface area contributed by atoms with E-state index in [0.29, 0.717) is 58.6 Å². The van der Waals surface area contributed by atoms with E-state index in [2.05, 4.69) is 491 Å². The third kappa shape index (κ3) is 12.6. The molecule has 0 spiro atoms. The molecule has 0 atom stereocenters. The van der Waals surface area contributed by atoms with Crippen molar-refractivity contribution in [1.82, 2.24) is 85.7 Å². The highest BCUT2D eigenvalue weighted by molar-refractivity contribution is 7.21. The van der Waals surface area contributed by atoms with Crippen LogP contribution in [0.1, 0.15) is 0 Å². The summed E-state index contributed by atoms with van der Waals surface area (Å²) < 4.78 is 17.6. The van der Waals surface area contributed by atoms with E-state index in [1.807, 2.05) is 42.5 Å². The standard InChI is InChI=1S/C124H82N18Si3/c1-11-39-84(40-12-1)115-129-117(139-107-66-38-37-65-106(107)135-103-62-34-31-59-99(103)125-121(135)139)133-120(132-115)142-110-78-73-97(144(90-49-21-6-22-50-90,91-51-23-7-24-52-91)92-53-25-8-26-54-92)82-114(110)138-111-79-86(69-75-102(111)128-124(138)142)83-67-70-95(71-68-83)145(93-55-27-9-28-56-93,94-57-29-10-30-58-94)98-74-77-109-113(81-98)137-105-64-36-33-61-101(105)127-123(137)141(109)119-131-116(85-41-13-2-14-42-85)130-118(134-119)140-108-76-72-96(80-112(108)136-104-63-35-32-60-100(104)126-122(136)140)143(87-43-15-3-16-44-87,88-45-17-4-18-46-88)89-47-19-5-20-48-89/h1-82H. The molecule has 0 bridgehead atoms. The monoisotopic (exact) mass is 1910 g/mol. The molecule has 0 aliphatic heterocycles. The zero-order valence-corrected chi connectivity index (χ0v) is 80.9. The minimum absolute atomic E-state index is 0.388. The van der Waals surface area contributed by atoms with Crippen molar-refractivity contribution in [2.45, 2.75) is 0 Å². The first-order valence-corrected chi connectivity index (χ1v) is 54.8. The second-order valence-corrected chi connectivity index (χ2v) is 48.5. The van der Waals surface area contributed by atoms with Crippen LogP contribution < -0.4 is 62.2 Å². The second-order valence-electron chi connectivity index (χ2n) is 37.1. The van der Waals surface area contributed by atoms with Crippen LogP contribution in [0.3, 0.4) is 0 Å². The van der Waals surface area contributed by atoms with Gasteiger partial charge in [0.25, 0.3) is 0 Å². The number of rotatable bonds is 19. The van der Waals surface area contributed by atoms with Gasteiger partial charge in [0.1, 0.15) is 0 Å². The van der Waals surface area contributed by atoms with E-state index >= 15 is 0 Å². The van der Waals surface area contributed by atoms with Crippen LogP contribution in [0.4, 0.5) is 0 Å². The van der Waals surface area contributed by atoms with Gasteiger partial charge in [0.15, 0.2) is 35.9 Å². The van der Waals surface area contributed by atoms with Gasteiger partial charge in [0.2, 0.25) is 46.9 Å². The van der Waals surface area contributed by atoms with Gasteiger partial charge in [0, 0.05) is 11.1 Å². The van der Waals surface area contributed by atoms with E-state index in [0.717, 1.165) is 116 Å². The molecule has 145 heavy (non-hydrogen) atoms. The summed E-state index contributed by atoms with van der Waals surface area (Å²) in [5, 5.41) is 14.8. The normalized spacial score (nSPS) is 12.3. The number of benzene rings is 19. The van der Waals surface area contributed by atoms with E-state index in [1.165, 1.54) is 57.1 Å². The van der Waals surface area contributed by atoms with Gasteiger partial charge in [0.05, 0.1) is 88.3 Å². The third-order valence-corrected chi connectivity index (χ3v) is 43.8. The summed E-state index contributed by atoms with van der Waals surface area (Å²) in [5.41, 5.74) is 18.1. The van der Waals surface area contributed by atoms with Crippen molar-refractivity contribution < 1.29 is 0 Å². The molecule has 0 aliphatic carbocycles. The van der Waals surface area contributed by atoms with Crippen LogP contribution in [0.5, 0.6) is 0 Å². The van der Waals surface area contributed by atoms with Gasteiger partial charge in [-0.05, 0) is 170 Å². The molecule has 0 aliphatic rings. The van der Waals surface area contributed by atoms with Gasteiger partial charge in [-0.1, -0.05) is 400 Å². The molecule has 0 saturated heterocycles. The molecule has 29 rings (SSSR count). The number of hydrogen-bond acceptors (Lipinski definition) is 10. The minimum atomic E-state index is -3.42. The molecule has 0 amide bonds. The maximum absolute atomic E-state index is 5.79. The van der Waals surface area contributed by atoms with Crippen molar-refractivity contribution in [2.75, 3.05) is 0 Å². The molecule has 19 aromatic carbocycles. The van der Waals surface area contributed by atoms with Crippen molar-refractivity contribution in [1.29, 1.82) is 0 Å². The number of fused-ring (bicyclic) bond motifs is 20. The van der Waals surface area contributed by atoms with Gasteiger partial charge in [-0.15, -0.1) is 0 Å². The summed E-state index contributed by atoms with van der Waals surface area (Å²) in [6.07, 6.45) is 0. The zero-order valence-electron chi connectivity index (χ0n) is 77.9. The lowest BCUT2D eigenvalue weighted by atomic mass is 10.1. The molecule has 0 fully saturated rings.